The first-order valence-corrected chi connectivity index (χ1v) is 6.83. The van der Waals surface area contributed by atoms with Gasteiger partial charge in [0.1, 0.15) is 0 Å². The van der Waals surface area contributed by atoms with E-state index in [9.17, 15) is 14.7 Å². The fourth-order valence-electron chi connectivity index (χ4n) is 1.79. The highest BCUT2D eigenvalue weighted by atomic mass is 16.5. The quantitative estimate of drug-likeness (QED) is 0.769. The van der Waals surface area contributed by atoms with Gasteiger partial charge in [0.2, 0.25) is 5.75 Å². The summed E-state index contributed by atoms with van der Waals surface area (Å²) in [5.74, 6) is -1.96. The second kappa shape index (κ2) is 9.04. The zero-order chi connectivity index (χ0) is 18.1. The SMILES string of the molecule is COc1cc(C(=O)O)cc(OC)c1O.O=C(O)Cc1ccccc1. The van der Waals surface area contributed by atoms with Crippen LogP contribution in [-0.4, -0.2) is 41.5 Å². The van der Waals surface area contributed by atoms with Crippen LogP contribution in [-0.2, 0) is 11.2 Å². The van der Waals surface area contributed by atoms with Crippen LogP contribution in [0.25, 0.3) is 0 Å². The Balaban J connectivity index is 0.000000254. The van der Waals surface area contributed by atoms with Crippen molar-refractivity contribution in [3.05, 3.63) is 53.6 Å². The predicted octanol–water partition coefficient (Wildman–Crippen LogP) is 2.42. The number of phenols is 1. The lowest BCUT2D eigenvalue weighted by Crippen LogP contribution is -1.98. The zero-order valence-corrected chi connectivity index (χ0v) is 13.2. The van der Waals surface area contributed by atoms with Crippen LogP contribution in [0.5, 0.6) is 17.2 Å². The van der Waals surface area contributed by atoms with Gasteiger partial charge < -0.3 is 24.8 Å². The summed E-state index contributed by atoms with van der Waals surface area (Å²) in [7, 11) is 2.67. The van der Waals surface area contributed by atoms with Gasteiger partial charge >= 0.3 is 11.9 Å². The molecule has 0 bridgehead atoms. The highest BCUT2D eigenvalue weighted by Gasteiger charge is 2.14. The highest BCUT2D eigenvalue weighted by molar-refractivity contribution is 5.89. The van der Waals surface area contributed by atoms with E-state index in [0.717, 1.165) is 5.56 Å². The van der Waals surface area contributed by atoms with Gasteiger partial charge in [-0.15, -0.1) is 0 Å². The van der Waals surface area contributed by atoms with Crippen LogP contribution >= 0.6 is 0 Å². The number of aromatic hydroxyl groups is 1. The molecule has 128 valence electrons. The minimum atomic E-state index is -1.11. The van der Waals surface area contributed by atoms with E-state index in [2.05, 4.69) is 0 Å². The van der Waals surface area contributed by atoms with Gasteiger partial charge in [-0.1, -0.05) is 30.3 Å². The summed E-state index contributed by atoms with van der Waals surface area (Å²) < 4.78 is 9.57. The molecule has 0 aliphatic heterocycles. The van der Waals surface area contributed by atoms with E-state index in [1.54, 1.807) is 12.1 Å². The maximum absolute atomic E-state index is 10.7. The van der Waals surface area contributed by atoms with Gasteiger partial charge in [0.15, 0.2) is 11.5 Å². The van der Waals surface area contributed by atoms with Crippen LogP contribution in [0.4, 0.5) is 0 Å². The highest BCUT2D eigenvalue weighted by Crippen LogP contribution is 2.36. The van der Waals surface area contributed by atoms with Crippen molar-refractivity contribution in [3.8, 4) is 17.2 Å². The van der Waals surface area contributed by atoms with E-state index in [-0.39, 0.29) is 29.2 Å². The predicted molar refractivity (Wildman–Crippen MR) is 86.0 cm³/mol. The molecule has 7 heteroatoms. The summed E-state index contributed by atoms with van der Waals surface area (Å²) >= 11 is 0. The van der Waals surface area contributed by atoms with E-state index in [1.165, 1.54) is 26.4 Å². The second-order valence-electron chi connectivity index (χ2n) is 4.59. The zero-order valence-electron chi connectivity index (χ0n) is 13.2. The summed E-state index contributed by atoms with van der Waals surface area (Å²) in [6.07, 6.45) is 0.112. The molecular weight excluding hydrogens is 316 g/mol. The van der Waals surface area contributed by atoms with E-state index >= 15 is 0 Å². The first kappa shape index (κ1) is 18.8. The number of phenolic OH excluding ortho intramolecular Hbond substituents is 1. The smallest absolute Gasteiger partial charge is 0.335 e. The van der Waals surface area contributed by atoms with Gasteiger partial charge in [0.05, 0.1) is 26.2 Å². The molecule has 0 aromatic heterocycles. The van der Waals surface area contributed by atoms with Crippen LogP contribution in [0.15, 0.2) is 42.5 Å². The van der Waals surface area contributed by atoms with Crippen molar-refractivity contribution in [1.82, 2.24) is 0 Å². The molecule has 0 radical (unpaired) electrons. The summed E-state index contributed by atoms with van der Waals surface area (Å²) in [6.45, 7) is 0. The standard InChI is InChI=1S/C9H10O5.C8H8O2/c1-13-6-3-5(9(11)12)4-7(14-2)8(6)10;9-8(10)6-7-4-2-1-3-5-7/h3-4,10H,1-2H3,(H,11,12);1-5H,6H2,(H,9,10). The van der Waals surface area contributed by atoms with Crippen LogP contribution in [0.2, 0.25) is 0 Å². The molecule has 7 nitrogen and oxygen atoms in total. The monoisotopic (exact) mass is 334 g/mol. The number of aliphatic carboxylic acids is 1. The Morgan fingerprint density at radius 1 is 0.958 bits per heavy atom. The van der Waals surface area contributed by atoms with Crippen LogP contribution < -0.4 is 9.47 Å². The van der Waals surface area contributed by atoms with Gasteiger partial charge in [-0.25, -0.2) is 4.79 Å². The Bertz CT molecular complexity index is 670. The Morgan fingerprint density at radius 3 is 1.83 bits per heavy atom. The fraction of sp³-hybridized carbons (Fsp3) is 0.176. The third-order valence-electron chi connectivity index (χ3n) is 2.92. The maximum atomic E-state index is 10.7. The van der Waals surface area contributed by atoms with Crippen molar-refractivity contribution in [3.63, 3.8) is 0 Å². The van der Waals surface area contributed by atoms with E-state index in [0.29, 0.717) is 0 Å². The molecule has 0 saturated heterocycles. The fourth-order valence-corrected chi connectivity index (χ4v) is 1.79. The average molecular weight is 334 g/mol. The Kier molecular flexibility index (Phi) is 7.09. The molecule has 24 heavy (non-hydrogen) atoms. The van der Waals surface area contributed by atoms with Gasteiger partial charge in [0.25, 0.3) is 0 Å². The van der Waals surface area contributed by atoms with Crippen molar-refractivity contribution >= 4 is 11.9 Å². The summed E-state index contributed by atoms with van der Waals surface area (Å²) in [4.78, 5) is 20.8. The normalized spacial score (nSPS) is 9.42. The lowest BCUT2D eigenvalue weighted by atomic mass is 10.2. The number of aromatic carboxylic acids is 1. The first-order chi connectivity index (χ1) is 11.4. The molecular formula is C17H18O7. The number of ether oxygens (including phenoxy) is 2. The number of carboxylic acids is 2. The van der Waals surface area contributed by atoms with Gasteiger partial charge in [-0.2, -0.15) is 0 Å². The molecule has 0 aliphatic rings. The minimum absolute atomic E-state index is 0.00324. The number of rotatable bonds is 5. The topological polar surface area (TPSA) is 113 Å². The minimum Gasteiger partial charge on any atom is -0.502 e. The summed E-state index contributed by atoms with van der Waals surface area (Å²) in [5, 5.41) is 26.5. The van der Waals surface area contributed by atoms with Crippen molar-refractivity contribution in [2.45, 2.75) is 6.42 Å². The molecule has 2 aromatic rings. The Hall–Kier alpha value is -3.22. The molecule has 2 rings (SSSR count). The average Bonchev–Trinajstić information content (AvgIpc) is 2.55. The number of hydrogen-bond acceptors (Lipinski definition) is 5. The van der Waals surface area contributed by atoms with Gasteiger partial charge in [-0.05, 0) is 17.7 Å². The number of hydrogen-bond donors (Lipinski definition) is 3. The molecule has 0 heterocycles. The largest absolute Gasteiger partial charge is 0.502 e. The van der Waals surface area contributed by atoms with Crippen molar-refractivity contribution in [1.29, 1.82) is 0 Å². The second-order valence-corrected chi connectivity index (χ2v) is 4.59. The number of carboxylic acid groups (broad SMARTS) is 2. The lowest BCUT2D eigenvalue weighted by Gasteiger charge is -2.08. The Labute approximate surface area is 138 Å². The molecule has 0 unspecified atom stereocenters. The van der Waals surface area contributed by atoms with E-state index < -0.39 is 11.9 Å². The Morgan fingerprint density at radius 2 is 1.46 bits per heavy atom. The van der Waals surface area contributed by atoms with Crippen LogP contribution in [0.1, 0.15) is 15.9 Å². The van der Waals surface area contributed by atoms with Gasteiger partial charge in [0, 0.05) is 0 Å². The number of methoxy groups -OCH3 is 2. The van der Waals surface area contributed by atoms with Gasteiger partial charge in [-0.3, -0.25) is 4.79 Å². The summed E-state index contributed by atoms with van der Waals surface area (Å²) in [6, 6.07) is 11.6. The van der Waals surface area contributed by atoms with E-state index in [1.807, 2.05) is 18.2 Å². The van der Waals surface area contributed by atoms with Crippen molar-refractivity contribution in [2.75, 3.05) is 14.2 Å². The third kappa shape index (κ3) is 5.53. The van der Waals surface area contributed by atoms with Crippen LogP contribution in [0, 0.1) is 0 Å². The van der Waals surface area contributed by atoms with Crippen molar-refractivity contribution < 1.29 is 34.4 Å². The third-order valence-corrected chi connectivity index (χ3v) is 2.92. The summed E-state index contributed by atoms with van der Waals surface area (Å²) in [5.41, 5.74) is 0.839. The van der Waals surface area contributed by atoms with Crippen molar-refractivity contribution in [2.24, 2.45) is 0 Å². The molecule has 2 aromatic carbocycles. The maximum Gasteiger partial charge on any atom is 0.335 e. The number of carbonyl (C=O) groups is 2. The molecule has 0 saturated carbocycles. The molecule has 0 fully saturated rings. The van der Waals surface area contributed by atoms with Crippen LogP contribution in [0.3, 0.4) is 0 Å². The lowest BCUT2D eigenvalue weighted by molar-refractivity contribution is -0.136. The molecule has 0 amide bonds. The molecule has 0 spiro atoms. The molecule has 0 atom stereocenters. The molecule has 3 N–H and O–H groups in total. The first-order valence-electron chi connectivity index (χ1n) is 6.83. The number of benzene rings is 2. The molecule has 0 aliphatic carbocycles. The van der Waals surface area contributed by atoms with E-state index in [4.69, 9.17) is 19.7 Å².